The van der Waals surface area contributed by atoms with Crippen molar-refractivity contribution in [1.82, 2.24) is 35.0 Å². The topological polar surface area (TPSA) is 80.0 Å². The zero-order valence-corrected chi connectivity index (χ0v) is 13.3. The van der Waals surface area contributed by atoms with Crippen molar-refractivity contribution in [3.8, 4) is 0 Å². The number of rotatable bonds is 4. The van der Waals surface area contributed by atoms with E-state index in [4.69, 9.17) is 0 Å². The van der Waals surface area contributed by atoms with Crippen LogP contribution in [0.25, 0.3) is 0 Å². The van der Waals surface area contributed by atoms with Crippen LogP contribution in [0.5, 0.6) is 0 Å². The third-order valence-electron chi connectivity index (χ3n) is 4.14. The average Bonchev–Trinajstić information content (AvgIpc) is 2.94. The van der Waals surface area contributed by atoms with Gasteiger partial charge in [0, 0.05) is 44.6 Å². The average molecular weight is 315 g/mol. The van der Waals surface area contributed by atoms with Gasteiger partial charge >= 0.3 is 0 Å². The molecule has 0 atom stereocenters. The minimum atomic E-state index is 0.0664. The van der Waals surface area contributed by atoms with Gasteiger partial charge in [0.25, 0.3) is 0 Å². The Kier molecular flexibility index (Phi) is 4.92. The Bertz CT molecular complexity index is 643. The number of hydrogen-bond donors (Lipinski definition) is 0. The number of tetrazole rings is 1. The Balaban J connectivity index is 1.54. The van der Waals surface area contributed by atoms with E-state index in [0.29, 0.717) is 0 Å². The molecule has 23 heavy (non-hydrogen) atoms. The first-order valence-corrected chi connectivity index (χ1v) is 7.84. The van der Waals surface area contributed by atoms with Gasteiger partial charge in [-0.3, -0.25) is 14.7 Å². The molecule has 0 saturated carbocycles. The van der Waals surface area contributed by atoms with Gasteiger partial charge in [0.15, 0.2) is 0 Å². The first kappa shape index (κ1) is 15.5. The van der Waals surface area contributed by atoms with Gasteiger partial charge in [0.1, 0.15) is 12.9 Å². The molecule has 122 valence electrons. The normalized spacial score (nSPS) is 16.3. The maximum atomic E-state index is 12.3. The number of amides is 1. The molecule has 1 amide bonds. The highest BCUT2D eigenvalue weighted by molar-refractivity contribution is 5.75. The highest BCUT2D eigenvalue weighted by Crippen LogP contribution is 2.11. The zero-order valence-electron chi connectivity index (χ0n) is 13.3. The monoisotopic (exact) mass is 315 g/mol. The molecule has 0 aromatic carbocycles. The predicted molar refractivity (Wildman–Crippen MR) is 83.3 cm³/mol. The van der Waals surface area contributed by atoms with Gasteiger partial charge < -0.3 is 4.90 Å². The van der Waals surface area contributed by atoms with Crippen molar-refractivity contribution in [2.45, 2.75) is 26.4 Å². The summed E-state index contributed by atoms with van der Waals surface area (Å²) in [7, 11) is 0. The summed E-state index contributed by atoms with van der Waals surface area (Å²) in [5.74, 6) is 0.0664. The van der Waals surface area contributed by atoms with Crippen molar-refractivity contribution in [3.63, 3.8) is 0 Å². The lowest BCUT2D eigenvalue weighted by molar-refractivity contribution is -0.131. The number of carbonyl (C=O) groups is 1. The number of aromatic nitrogens is 5. The lowest BCUT2D eigenvalue weighted by atomic mass is 10.2. The number of nitrogens with zero attached hydrogens (tertiary/aromatic N) is 7. The highest BCUT2D eigenvalue weighted by atomic mass is 16.2. The summed E-state index contributed by atoms with van der Waals surface area (Å²) >= 11 is 0. The predicted octanol–water partition coefficient (Wildman–Crippen LogP) is 0.111. The molecule has 2 aromatic rings. The largest absolute Gasteiger partial charge is 0.340 e. The molecule has 2 aromatic heterocycles. The van der Waals surface area contributed by atoms with Crippen molar-refractivity contribution < 1.29 is 4.79 Å². The van der Waals surface area contributed by atoms with E-state index >= 15 is 0 Å². The molecule has 0 aliphatic carbocycles. The minimum Gasteiger partial charge on any atom is -0.340 e. The Morgan fingerprint density at radius 3 is 2.96 bits per heavy atom. The van der Waals surface area contributed by atoms with E-state index in [-0.39, 0.29) is 12.5 Å². The summed E-state index contributed by atoms with van der Waals surface area (Å²) in [4.78, 5) is 20.9. The van der Waals surface area contributed by atoms with Gasteiger partial charge in [-0.2, -0.15) is 0 Å². The maximum Gasteiger partial charge on any atom is 0.244 e. The van der Waals surface area contributed by atoms with E-state index in [1.54, 1.807) is 0 Å². The summed E-state index contributed by atoms with van der Waals surface area (Å²) in [5.41, 5.74) is 2.32. The number of hydrogen-bond acceptors (Lipinski definition) is 6. The van der Waals surface area contributed by atoms with Crippen LogP contribution in [-0.4, -0.2) is 67.1 Å². The zero-order chi connectivity index (χ0) is 16.1. The van der Waals surface area contributed by atoms with E-state index in [1.807, 2.05) is 24.1 Å². The van der Waals surface area contributed by atoms with Crippen molar-refractivity contribution in [1.29, 1.82) is 0 Å². The molecule has 1 saturated heterocycles. The molecule has 8 heteroatoms. The number of pyridine rings is 1. The molecule has 0 unspecified atom stereocenters. The molecule has 0 radical (unpaired) electrons. The molecule has 0 spiro atoms. The second-order valence-corrected chi connectivity index (χ2v) is 5.77. The van der Waals surface area contributed by atoms with E-state index in [9.17, 15) is 4.79 Å². The fourth-order valence-electron chi connectivity index (χ4n) is 2.80. The van der Waals surface area contributed by atoms with Crippen LogP contribution in [-0.2, 0) is 17.9 Å². The van der Waals surface area contributed by atoms with Crippen LogP contribution in [0.1, 0.15) is 17.7 Å². The van der Waals surface area contributed by atoms with Crippen LogP contribution in [0, 0.1) is 6.92 Å². The summed E-state index contributed by atoms with van der Waals surface area (Å²) in [6, 6.07) is 4.09. The van der Waals surface area contributed by atoms with E-state index in [1.165, 1.54) is 16.6 Å². The molecular weight excluding hydrogens is 294 g/mol. The Hall–Kier alpha value is -2.35. The van der Waals surface area contributed by atoms with E-state index in [0.717, 1.165) is 44.8 Å². The highest BCUT2D eigenvalue weighted by Gasteiger charge is 2.20. The van der Waals surface area contributed by atoms with Crippen LogP contribution in [0.4, 0.5) is 0 Å². The van der Waals surface area contributed by atoms with Crippen molar-refractivity contribution >= 4 is 5.91 Å². The van der Waals surface area contributed by atoms with E-state index < -0.39 is 0 Å². The van der Waals surface area contributed by atoms with Gasteiger partial charge in [0.05, 0.1) is 0 Å². The second kappa shape index (κ2) is 7.28. The molecule has 1 fully saturated rings. The molecule has 0 bridgehead atoms. The van der Waals surface area contributed by atoms with Crippen LogP contribution < -0.4 is 0 Å². The van der Waals surface area contributed by atoms with Crippen molar-refractivity contribution in [3.05, 3.63) is 35.9 Å². The molecular formula is C15H21N7O. The van der Waals surface area contributed by atoms with Crippen molar-refractivity contribution in [2.24, 2.45) is 0 Å². The first-order chi connectivity index (χ1) is 11.2. The molecule has 8 nitrogen and oxygen atoms in total. The van der Waals surface area contributed by atoms with Gasteiger partial charge in [-0.05, 0) is 35.4 Å². The number of aryl methyl sites for hydroxylation is 1. The Morgan fingerprint density at radius 1 is 1.26 bits per heavy atom. The second-order valence-electron chi connectivity index (χ2n) is 5.77. The fraction of sp³-hybridized carbons (Fsp3) is 0.533. The minimum absolute atomic E-state index is 0.0664. The summed E-state index contributed by atoms with van der Waals surface area (Å²) in [5, 5.41) is 10.9. The van der Waals surface area contributed by atoms with Crippen LogP contribution >= 0.6 is 0 Å². The Morgan fingerprint density at radius 2 is 2.17 bits per heavy atom. The quantitative estimate of drug-likeness (QED) is 0.797. The fourth-order valence-corrected chi connectivity index (χ4v) is 2.80. The van der Waals surface area contributed by atoms with Gasteiger partial charge in [-0.1, -0.05) is 6.07 Å². The molecule has 1 aliphatic rings. The van der Waals surface area contributed by atoms with Crippen LogP contribution in [0.3, 0.4) is 0 Å². The van der Waals surface area contributed by atoms with Gasteiger partial charge in [-0.25, -0.2) is 4.68 Å². The molecule has 1 aliphatic heterocycles. The van der Waals surface area contributed by atoms with Crippen molar-refractivity contribution in [2.75, 3.05) is 26.2 Å². The van der Waals surface area contributed by atoms with E-state index in [2.05, 4.69) is 31.5 Å². The Labute approximate surface area is 135 Å². The SMILES string of the molecule is Cc1ncccc1CN1CCCN(C(=O)Cn2cnnn2)CC1. The molecule has 3 heterocycles. The number of carbonyl (C=O) groups excluding carboxylic acids is 1. The van der Waals surface area contributed by atoms with Gasteiger partial charge in [0.2, 0.25) is 5.91 Å². The molecule has 3 rings (SSSR count). The van der Waals surface area contributed by atoms with Crippen LogP contribution in [0.2, 0.25) is 0 Å². The standard InChI is InChI=1S/C15H21N7O/c1-13-14(4-2-5-16-13)10-20-6-3-7-21(9-8-20)15(23)11-22-12-17-18-19-22/h2,4-5,12H,3,6-11H2,1H3. The first-order valence-electron chi connectivity index (χ1n) is 7.84. The van der Waals surface area contributed by atoms with Crippen LogP contribution in [0.15, 0.2) is 24.7 Å². The molecule has 0 N–H and O–H groups in total. The third kappa shape index (κ3) is 4.10. The van der Waals surface area contributed by atoms with Gasteiger partial charge in [-0.15, -0.1) is 5.10 Å². The smallest absolute Gasteiger partial charge is 0.244 e. The lowest BCUT2D eigenvalue weighted by Crippen LogP contribution is -2.37. The summed E-state index contributed by atoms with van der Waals surface area (Å²) in [6.07, 6.45) is 4.26. The third-order valence-corrected chi connectivity index (χ3v) is 4.14. The maximum absolute atomic E-state index is 12.3. The summed E-state index contributed by atoms with van der Waals surface area (Å²) in [6.45, 7) is 6.50. The lowest BCUT2D eigenvalue weighted by Gasteiger charge is -2.22. The summed E-state index contributed by atoms with van der Waals surface area (Å²) < 4.78 is 1.46.